The first kappa shape index (κ1) is 19.9. The van der Waals surface area contributed by atoms with E-state index in [0.29, 0.717) is 24.6 Å². The Kier molecular flexibility index (Phi) is 8.79. The van der Waals surface area contributed by atoms with Gasteiger partial charge < -0.3 is 10.6 Å². The van der Waals surface area contributed by atoms with Gasteiger partial charge in [0.05, 0.1) is 18.2 Å². The fourth-order valence-corrected chi connectivity index (χ4v) is 2.08. The third-order valence-electron chi connectivity index (χ3n) is 3.17. The first-order valence-electron chi connectivity index (χ1n) is 7.47. The van der Waals surface area contributed by atoms with Crippen molar-refractivity contribution in [1.29, 1.82) is 5.26 Å². The molecule has 0 radical (unpaired) electrons. The quantitative estimate of drug-likeness (QED) is 0.427. The molecule has 2 aromatic rings. The van der Waals surface area contributed by atoms with E-state index in [0.717, 1.165) is 17.7 Å². The maximum Gasteiger partial charge on any atom is 0.191 e. The van der Waals surface area contributed by atoms with Crippen LogP contribution < -0.4 is 10.6 Å². The number of nitriles is 1. The highest BCUT2D eigenvalue weighted by Crippen LogP contribution is 2.05. The molecule has 2 rings (SSSR count). The standard InChI is InChI=1S/C18H19FN4.HI/c1-2-21-18(23-13-16-7-4-8-17(19)10-16)22-12-15-6-3-5-14(9-15)11-20;/h3-10H,2,12-13H2,1H3,(H2,21,22,23);1H. The van der Waals surface area contributed by atoms with Gasteiger partial charge in [0.15, 0.2) is 5.96 Å². The lowest BCUT2D eigenvalue weighted by Gasteiger charge is -2.11. The van der Waals surface area contributed by atoms with Gasteiger partial charge in [0.25, 0.3) is 0 Å². The summed E-state index contributed by atoms with van der Waals surface area (Å²) in [7, 11) is 0. The molecule has 2 N–H and O–H groups in total. The Hall–Kier alpha value is -2.14. The van der Waals surface area contributed by atoms with Crippen LogP contribution >= 0.6 is 24.0 Å². The van der Waals surface area contributed by atoms with Gasteiger partial charge in [-0.3, -0.25) is 0 Å². The molecule has 4 nitrogen and oxygen atoms in total. The number of hydrogen-bond donors (Lipinski definition) is 2. The third-order valence-corrected chi connectivity index (χ3v) is 3.17. The normalized spacial score (nSPS) is 10.5. The number of guanidine groups is 1. The van der Waals surface area contributed by atoms with E-state index in [-0.39, 0.29) is 29.8 Å². The van der Waals surface area contributed by atoms with E-state index in [1.54, 1.807) is 12.1 Å². The lowest BCUT2D eigenvalue weighted by molar-refractivity contribution is 0.625. The zero-order valence-electron chi connectivity index (χ0n) is 13.4. The van der Waals surface area contributed by atoms with Crippen LogP contribution in [0.5, 0.6) is 0 Å². The van der Waals surface area contributed by atoms with Crippen LogP contribution in [0.15, 0.2) is 53.5 Å². The summed E-state index contributed by atoms with van der Waals surface area (Å²) in [5.74, 6) is 0.392. The minimum Gasteiger partial charge on any atom is -0.357 e. The molecule has 2 aromatic carbocycles. The number of rotatable bonds is 5. The molecule has 0 heterocycles. The predicted octanol–water partition coefficient (Wildman–Crippen LogP) is 3.57. The highest BCUT2D eigenvalue weighted by molar-refractivity contribution is 14.0. The smallest absolute Gasteiger partial charge is 0.191 e. The summed E-state index contributed by atoms with van der Waals surface area (Å²) < 4.78 is 13.2. The minimum atomic E-state index is -0.260. The second kappa shape index (κ2) is 10.6. The molecule has 24 heavy (non-hydrogen) atoms. The Morgan fingerprint density at radius 3 is 2.58 bits per heavy atom. The third kappa shape index (κ3) is 6.54. The summed E-state index contributed by atoms with van der Waals surface area (Å²) in [6.45, 7) is 3.67. The molecule has 0 fully saturated rings. The van der Waals surface area contributed by atoms with Crippen molar-refractivity contribution in [3.8, 4) is 6.07 Å². The van der Waals surface area contributed by atoms with Crippen LogP contribution in [-0.4, -0.2) is 12.5 Å². The molecule has 126 valence electrons. The Bertz CT molecular complexity index is 725. The van der Waals surface area contributed by atoms with Crippen LogP contribution in [0.4, 0.5) is 4.39 Å². The van der Waals surface area contributed by atoms with Crippen molar-refractivity contribution in [2.45, 2.75) is 20.0 Å². The van der Waals surface area contributed by atoms with E-state index < -0.39 is 0 Å². The predicted molar refractivity (Wildman–Crippen MR) is 105 cm³/mol. The average molecular weight is 438 g/mol. The summed E-state index contributed by atoms with van der Waals surface area (Å²) in [5.41, 5.74) is 2.44. The fourth-order valence-electron chi connectivity index (χ4n) is 2.08. The van der Waals surface area contributed by atoms with E-state index in [1.807, 2.05) is 31.2 Å². The number of halogens is 2. The molecule has 0 amide bonds. The summed E-state index contributed by atoms with van der Waals surface area (Å²) in [6, 6.07) is 15.9. The SMILES string of the molecule is CCNC(=NCc1cccc(F)c1)NCc1cccc(C#N)c1.I. The van der Waals surface area contributed by atoms with Crippen LogP contribution in [0.25, 0.3) is 0 Å². The largest absolute Gasteiger partial charge is 0.357 e. The monoisotopic (exact) mass is 438 g/mol. The molecule has 0 aliphatic heterocycles. The number of nitrogens with one attached hydrogen (secondary N) is 2. The van der Waals surface area contributed by atoms with Crippen LogP contribution in [0.2, 0.25) is 0 Å². The van der Waals surface area contributed by atoms with E-state index >= 15 is 0 Å². The van der Waals surface area contributed by atoms with Crippen molar-refractivity contribution >= 4 is 29.9 Å². The highest BCUT2D eigenvalue weighted by Gasteiger charge is 2.00. The molecular formula is C18H20FIN4. The molecule has 0 spiro atoms. The van der Waals surface area contributed by atoms with E-state index in [2.05, 4.69) is 21.7 Å². The van der Waals surface area contributed by atoms with Gasteiger partial charge in [0, 0.05) is 13.1 Å². The van der Waals surface area contributed by atoms with Gasteiger partial charge in [-0.2, -0.15) is 5.26 Å². The Morgan fingerprint density at radius 2 is 1.88 bits per heavy atom. The zero-order valence-corrected chi connectivity index (χ0v) is 15.8. The van der Waals surface area contributed by atoms with Gasteiger partial charge in [-0.1, -0.05) is 24.3 Å². The van der Waals surface area contributed by atoms with Gasteiger partial charge in [-0.15, -0.1) is 24.0 Å². The molecule has 6 heteroatoms. The summed E-state index contributed by atoms with van der Waals surface area (Å²) in [5, 5.41) is 15.3. The summed E-state index contributed by atoms with van der Waals surface area (Å²) in [6.07, 6.45) is 0. The van der Waals surface area contributed by atoms with Gasteiger partial charge in [0.2, 0.25) is 0 Å². The number of benzene rings is 2. The van der Waals surface area contributed by atoms with E-state index in [1.165, 1.54) is 12.1 Å². The van der Waals surface area contributed by atoms with Gasteiger partial charge >= 0.3 is 0 Å². The van der Waals surface area contributed by atoms with E-state index in [4.69, 9.17) is 5.26 Å². The Morgan fingerprint density at radius 1 is 1.12 bits per heavy atom. The lowest BCUT2D eigenvalue weighted by atomic mass is 10.1. The van der Waals surface area contributed by atoms with Gasteiger partial charge in [0.1, 0.15) is 5.82 Å². The van der Waals surface area contributed by atoms with E-state index in [9.17, 15) is 4.39 Å². The summed E-state index contributed by atoms with van der Waals surface area (Å²) >= 11 is 0. The first-order chi connectivity index (χ1) is 11.2. The molecule has 0 aromatic heterocycles. The van der Waals surface area contributed by atoms with Gasteiger partial charge in [-0.05, 0) is 42.3 Å². The molecule has 0 aliphatic carbocycles. The van der Waals surface area contributed by atoms with Crippen LogP contribution in [-0.2, 0) is 13.1 Å². The topological polar surface area (TPSA) is 60.2 Å². The number of hydrogen-bond acceptors (Lipinski definition) is 2. The van der Waals surface area contributed by atoms with Crippen molar-refractivity contribution in [2.24, 2.45) is 4.99 Å². The van der Waals surface area contributed by atoms with Crippen LogP contribution in [0.3, 0.4) is 0 Å². The minimum absolute atomic E-state index is 0. The maximum atomic E-state index is 13.2. The van der Waals surface area contributed by atoms with Crippen molar-refractivity contribution in [1.82, 2.24) is 10.6 Å². The molecule has 0 bridgehead atoms. The fraction of sp³-hybridized carbons (Fsp3) is 0.222. The molecule has 0 unspecified atom stereocenters. The van der Waals surface area contributed by atoms with Crippen molar-refractivity contribution in [3.63, 3.8) is 0 Å². The molecule has 0 saturated carbocycles. The first-order valence-corrected chi connectivity index (χ1v) is 7.47. The van der Waals surface area contributed by atoms with Crippen LogP contribution in [0, 0.1) is 17.1 Å². The maximum absolute atomic E-state index is 13.2. The second-order valence-corrected chi connectivity index (χ2v) is 4.99. The Balaban J connectivity index is 0.00000288. The van der Waals surface area contributed by atoms with Crippen molar-refractivity contribution in [2.75, 3.05) is 6.54 Å². The van der Waals surface area contributed by atoms with Crippen molar-refractivity contribution in [3.05, 3.63) is 71.0 Å². The lowest BCUT2D eigenvalue weighted by Crippen LogP contribution is -2.36. The zero-order chi connectivity index (χ0) is 16.5. The summed E-state index contributed by atoms with van der Waals surface area (Å²) in [4.78, 5) is 4.45. The average Bonchev–Trinajstić information content (AvgIpc) is 2.57. The van der Waals surface area contributed by atoms with Gasteiger partial charge in [-0.25, -0.2) is 9.38 Å². The molecular weight excluding hydrogens is 418 g/mol. The van der Waals surface area contributed by atoms with Crippen LogP contribution in [0.1, 0.15) is 23.6 Å². The van der Waals surface area contributed by atoms with Crippen molar-refractivity contribution < 1.29 is 4.39 Å². The Labute approximate surface area is 158 Å². The number of aliphatic imine (C=N–C) groups is 1. The highest BCUT2D eigenvalue weighted by atomic mass is 127. The second-order valence-electron chi connectivity index (χ2n) is 4.99. The molecule has 0 atom stereocenters. The molecule has 0 aliphatic rings. The number of nitrogens with zero attached hydrogens (tertiary/aromatic N) is 2. The molecule has 0 saturated heterocycles.